The summed E-state index contributed by atoms with van der Waals surface area (Å²) >= 11 is 12.2. The van der Waals surface area contributed by atoms with Gasteiger partial charge in [0.2, 0.25) is 10.0 Å². The number of aliphatic hydroxyl groups excluding tert-OH is 1. The molecular weight excluding hydrogens is 471 g/mol. The number of hydrogen-bond acceptors (Lipinski definition) is 5. The standard InChI is InChI=1S/C23H32Cl2N2O4S/c1-17(13-27(18(2)16-28)14-19-7-5-6-8-22(19)25)23(31-4)15-26(3)32(29,30)21-11-9-20(24)10-12-21/h5-12,17-18,23,28H,13-16H2,1-4H3/t17-,18-,23-/m0/s1. The average molecular weight is 503 g/mol. The van der Waals surface area contributed by atoms with Gasteiger partial charge >= 0.3 is 0 Å². The zero-order chi connectivity index (χ0) is 23.9. The highest BCUT2D eigenvalue weighted by atomic mass is 35.5. The van der Waals surface area contributed by atoms with Crippen LogP contribution in [-0.4, -0.2) is 68.7 Å². The van der Waals surface area contributed by atoms with E-state index in [-0.39, 0.29) is 36.1 Å². The normalized spacial score (nSPS) is 15.2. The Labute approximate surface area is 201 Å². The van der Waals surface area contributed by atoms with E-state index in [1.807, 2.05) is 38.1 Å². The van der Waals surface area contributed by atoms with E-state index >= 15 is 0 Å². The Balaban J connectivity index is 2.12. The van der Waals surface area contributed by atoms with Gasteiger partial charge in [-0.3, -0.25) is 4.90 Å². The second-order valence-electron chi connectivity index (χ2n) is 8.04. The van der Waals surface area contributed by atoms with E-state index in [1.54, 1.807) is 26.3 Å². The summed E-state index contributed by atoms with van der Waals surface area (Å²) < 4.78 is 32.9. The van der Waals surface area contributed by atoms with Crippen molar-refractivity contribution >= 4 is 33.2 Å². The molecule has 6 nitrogen and oxygen atoms in total. The van der Waals surface area contributed by atoms with Gasteiger partial charge in [0.15, 0.2) is 0 Å². The van der Waals surface area contributed by atoms with Gasteiger partial charge in [0.05, 0.1) is 17.6 Å². The fourth-order valence-electron chi connectivity index (χ4n) is 3.47. The number of ether oxygens (including phenoxy) is 1. The molecule has 0 unspecified atom stereocenters. The minimum Gasteiger partial charge on any atom is -0.395 e. The van der Waals surface area contributed by atoms with Crippen LogP contribution >= 0.6 is 23.2 Å². The van der Waals surface area contributed by atoms with Crippen molar-refractivity contribution in [2.45, 2.75) is 37.4 Å². The van der Waals surface area contributed by atoms with Crippen molar-refractivity contribution < 1.29 is 18.3 Å². The second kappa shape index (κ2) is 12.3. The number of rotatable bonds is 12. The molecule has 9 heteroatoms. The summed E-state index contributed by atoms with van der Waals surface area (Å²) in [6, 6.07) is 13.6. The lowest BCUT2D eigenvalue weighted by Gasteiger charge is -2.34. The molecule has 0 saturated heterocycles. The predicted octanol–water partition coefficient (Wildman–Crippen LogP) is 4.15. The smallest absolute Gasteiger partial charge is 0.242 e. The minimum absolute atomic E-state index is 0.000327. The average Bonchev–Trinajstić information content (AvgIpc) is 2.77. The Bertz CT molecular complexity index is 957. The van der Waals surface area contributed by atoms with E-state index < -0.39 is 10.0 Å². The summed E-state index contributed by atoms with van der Waals surface area (Å²) in [6.07, 6.45) is -0.346. The largest absolute Gasteiger partial charge is 0.395 e. The molecular formula is C23H32Cl2N2O4S. The van der Waals surface area contributed by atoms with Gasteiger partial charge in [0, 0.05) is 49.9 Å². The Kier molecular flexibility index (Phi) is 10.4. The van der Waals surface area contributed by atoms with E-state index in [0.717, 1.165) is 5.56 Å². The Morgan fingerprint density at radius 1 is 1.03 bits per heavy atom. The molecule has 0 radical (unpaired) electrons. The number of benzene rings is 2. The molecule has 32 heavy (non-hydrogen) atoms. The number of aliphatic hydroxyl groups is 1. The number of likely N-dealkylation sites (N-methyl/N-ethyl adjacent to an activating group) is 1. The third kappa shape index (κ3) is 7.15. The molecule has 0 aliphatic rings. The van der Waals surface area contributed by atoms with Gasteiger partial charge in [-0.1, -0.05) is 48.3 Å². The molecule has 0 amide bonds. The Hall–Kier alpha value is -1.19. The van der Waals surface area contributed by atoms with E-state index in [2.05, 4.69) is 4.90 Å². The quantitative estimate of drug-likeness (QED) is 0.472. The highest BCUT2D eigenvalue weighted by molar-refractivity contribution is 7.89. The van der Waals surface area contributed by atoms with Crippen LogP contribution in [-0.2, 0) is 21.3 Å². The third-order valence-electron chi connectivity index (χ3n) is 5.64. The number of nitrogens with zero attached hydrogens (tertiary/aromatic N) is 2. The van der Waals surface area contributed by atoms with Crippen LogP contribution in [0.25, 0.3) is 0 Å². The molecule has 0 fully saturated rings. The molecule has 0 aliphatic carbocycles. The summed E-state index contributed by atoms with van der Waals surface area (Å²) in [5.41, 5.74) is 0.970. The first-order chi connectivity index (χ1) is 15.1. The Morgan fingerprint density at radius 2 is 1.66 bits per heavy atom. The molecule has 0 spiro atoms. The van der Waals surface area contributed by atoms with Crippen molar-refractivity contribution in [3.05, 3.63) is 64.1 Å². The van der Waals surface area contributed by atoms with Crippen molar-refractivity contribution in [2.24, 2.45) is 5.92 Å². The molecule has 1 N–H and O–H groups in total. The van der Waals surface area contributed by atoms with Crippen LogP contribution in [0.15, 0.2) is 53.4 Å². The molecule has 2 aromatic carbocycles. The van der Waals surface area contributed by atoms with Crippen LogP contribution in [0, 0.1) is 5.92 Å². The van der Waals surface area contributed by atoms with Crippen LogP contribution in [0.1, 0.15) is 19.4 Å². The summed E-state index contributed by atoms with van der Waals surface area (Å²) in [6.45, 7) is 5.32. The number of methoxy groups -OCH3 is 1. The molecule has 178 valence electrons. The van der Waals surface area contributed by atoms with Crippen LogP contribution in [0.2, 0.25) is 10.0 Å². The van der Waals surface area contributed by atoms with Crippen LogP contribution < -0.4 is 0 Å². The third-order valence-corrected chi connectivity index (χ3v) is 8.10. The highest BCUT2D eigenvalue weighted by Crippen LogP contribution is 2.22. The van der Waals surface area contributed by atoms with Crippen molar-refractivity contribution in [3.8, 4) is 0 Å². The maximum atomic E-state index is 12.9. The molecule has 0 saturated carbocycles. The lowest BCUT2D eigenvalue weighted by atomic mass is 10.0. The van der Waals surface area contributed by atoms with Crippen molar-refractivity contribution in [2.75, 3.05) is 33.9 Å². The first kappa shape index (κ1) is 27.1. The zero-order valence-corrected chi connectivity index (χ0v) is 21.2. The van der Waals surface area contributed by atoms with Gasteiger partial charge in [-0.2, -0.15) is 4.31 Å². The summed E-state index contributed by atoms with van der Waals surface area (Å²) in [5.74, 6) is -0.0145. The van der Waals surface area contributed by atoms with Crippen molar-refractivity contribution in [1.82, 2.24) is 9.21 Å². The van der Waals surface area contributed by atoms with E-state index in [0.29, 0.717) is 23.1 Å². The molecule has 0 aromatic heterocycles. The summed E-state index contributed by atoms with van der Waals surface area (Å²) in [5, 5.41) is 10.9. The molecule has 3 atom stereocenters. The van der Waals surface area contributed by atoms with E-state index in [9.17, 15) is 13.5 Å². The molecule has 0 bridgehead atoms. The number of halogens is 2. The van der Waals surface area contributed by atoms with Gasteiger partial charge in [-0.15, -0.1) is 0 Å². The monoisotopic (exact) mass is 502 g/mol. The first-order valence-electron chi connectivity index (χ1n) is 10.4. The van der Waals surface area contributed by atoms with Crippen molar-refractivity contribution in [1.29, 1.82) is 0 Å². The number of sulfonamides is 1. The van der Waals surface area contributed by atoms with Crippen LogP contribution in [0.5, 0.6) is 0 Å². The summed E-state index contributed by atoms with van der Waals surface area (Å²) in [7, 11) is -0.551. The van der Waals surface area contributed by atoms with E-state index in [1.165, 1.54) is 16.4 Å². The lowest BCUT2D eigenvalue weighted by Crippen LogP contribution is -2.44. The zero-order valence-electron chi connectivity index (χ0n) is 18.9. The predicted molar refractivity (Wildman–Crippen MR) is 130 cm³/mol. The first-order valence-corrected chi connectivity index (χ1v) is 12.6. The summed E-state index contributed by atoms with van der Waals surface area (Å²) in [4.78, 5) is 2.31. The molecule has 0 aliphatic heterocycles. The molecule has 2 rings (SSSR count). The fraction of sp³-hybridized carbons (Fsp3) is 0.478. The van der Waals surface area contributed by atoms with Gasteiger partial charge in [0.1, 0.15) is 0 Å². The van der Waals surface area contributed by atoms with Gasteiger partial charge in [-0.05, 0) is 48.7 Å². The maximum Gasteiger partial charge on any atom is 0.242 e. The van der Waals surface area contributed by atoms with Gasteiger partial charge in [0.25, 0.3) is 0 Å². The lowest BCUT2D eigenvalue weighted by molar-refractivity contribution is 0.0194. The second-order valence-corrected chi connectivity index (χ2v) is 10.9. The topological polar surface area (TPSA) is 70.1 Å². The van der Waals surface area contributed by atoms with Crippen LogP contribution in [0.3, 0.4) is 0 Å². The molecule has 2 aromatic rings. The SMILES string of the molecule is CO[C@@H](CN(C)S(=O)(=O)c1ccc(Cl)cc1)[C@@H](C)CN(Cc1ccccc1Cl)[C@@H](C)CO. The van der Waals surface area contributed by atoms with Gasteiger partial charge < -0.3 is 9.84 Å². The van der Waals surface area contributed by atoms with Crippen LogP contribution in [0.4, 0.5) is 0 Å². The maximum absolute atomic E-state index is 12.9. The number of hydrogen-bond donors (Lipinski definition) is 1. The minimum atomic E-state index is -3.67. The van der Waals surface area contributed by atoms with Gasteiger partial charge in [-0.25, -0.2) is 8.42 Å². The molecule has 0 heterocycles. The fourth-order valence-corrected chi connectivity index (χ4v) is 4.98. The Morgan fingerprint density at radius 3 is 2.22 bits per heavy atom. The van der Waals surface area contributed by atoms with Crippen molar-refractivity contribution in [3.63, 3.8) is 0 Å². The van der Waals surface area contributed by atoms with E-state index in [4.69, 9.17) is 27.9 Å². The highest BCUT2D eigenvalue weighted by Gasteiger charge is 2.28.